The quantitative estimate of drug-likeness (QED) is 0.750. The second-order valence-corrected chi connectivity index (χ2v) is 4.98. The molecule has 1 aliphatic rings. The number of hydrogen-bond acceptors (Lipinski definition) is 4. The average molecular weight is 283 g/mol. The van der Waals surface area contributed by atoms with E-state index in [1.807, 2.05) is 0 Å². The molecule has 3 N–H and O–H groups in total. The van der Waals surface area contributed by atoms with Gasteiger partial charge >= 0.3 is 0 Å². The summed E-state index contributed by atoms with van der Waals surface area (Å²) < 4.78 is 0. The molecule has 0 spiro atoms. The van der Waals surface area contributed by atoms with Crippen LogP contribution >= 0.6 is 0 Å². The summed E-state index contributed by atoms with van der Waals surface area (Å²) in [5, 5.41) is 22.9. The number of aliphatic hydroxyl groups is 1. The fourth-order valence-electron chi connectivity index (χ4n) is 2.51. The molecule has 0 unspecified atom stereocenters. The number of rotatable bonds is 3. The number of phenols is 1. The van der Waals surface area contributed by atoms with Gasteiger partial charge in [0.2, 0.25) is 0 Å². The topological polar surface area (TPSA) is 86.6 Å². The van der Waals surface area contributed by atoms with Crippen molar-refractivity contribution >= 4 is 17.4 Å². The zero-order chi connectivity index (χ0) is 15.0. The Morgan fingerprint density at radius 2 is 1.76 bits per heavy atom. The summed E-state index contributed by atoms with van der Waals surface area (Å²) in [6, 6.07) is 12.7. The third kappa shape index (κ3) is 2.08. The van der Waals surface area contributed by atoms with Gasteiger partial charge in [-0.05, 0) is 18.2 Å². The molecule has 106 valence electrons. The van der Waals surface area contributed by atoms with Crippen LogP contribution in [0.25, 0.3) is 0 Å². The number of amides is 1. The Kier molecular flexibility index (Phi) is 2.99. The number of benzene rings is 2. The molecule has 1 atom stereocenters. The third-order valence-electron chi connectivity index (χ3n) is 3.62. The lowest BCUT2D eigenvalue weighted by Gasteiger charge is -2.20. The van der Waals surface area contributed by atoms with Crippen LogP contribution in [0.15, 0.2) is 48.5 Å². The number of Topliss-reactive ketones (excluding diaryl/α,β-unsaturated/α-hetero) is 1. The van der Waals surface area contributed by atoms with Crippen LogP contribution in [-0.2, 0) is 10.4 Å². The van der Waals surface area contributed by atoms with E-state index in [1.54, 1.807) is 36.4 Å². The Balaban J connectivity index is 1.96. The summed E-state index contributed by atoms with van der Waals surface area (Å²) in [6.07, 6.45) is -0.423. The van der Waals surface area contributed by atoms with Crippen molar-refractivity contribution in [1.82, 2.24) is 0 Å². The molecule has 1 amide bonds. The molecule has 0 fully saturated rings. The standard InChI is InChI=1S/C16H13NO4/c18-13-8-4-1-5-10(13)14(19)9-16(21)11-6-2-3-7-12(11)17-15(16)20/h1-8,18,21H,9H2,(H,17,20)/t16-/m0/s1. The molecule has 5 nitrogen and oxygen atoms in total. The van der Waals surface area contributed by atoms with Crippen molar-refractivity contribution in [2.45, 2.75) is 12.0 Å². The molecule has 2 aromatic rings. The monoisotopic (exact) mass is 283 g/mol. The number of carbonyl (C=O) groups is 2. The minimum atomic E-state index is -1.91. The molecular weight excluding hydrogens is 270 g/mol. The van der Waals surface area contributed by atoms with Gasteiger partial charge in [0.25, 0.3) is 5.91 Å². The summed E-state index contributed by atoms with van der Waals surface area (Å²) in [5.41, 5.74) is -0.951. The summed E-state index contributed by atoms with van der Waals surface area (Å²) >= 11 is 0. The van der Waals surface area contributed by atoms with Crippen LogP contribution in [0.1, 0.15) is 22.3 Å². The van der Waals surface area contributed by atoms with Gasteiger partial charge in [-0.3, -0.25) is 9.59 Å². The predicted molar refractivity (Wildman–Crippen MR) is 76.0 cm³/mol. The normalized spacial score (nSPS) is 20.0. The number of phenolic OH excluding ortho intramolecular Hbond substituents is 1. The first kappa shape index (κ1) is 13.3. The van der Waals surface area contributed by atoms with Crippen LogP contribution in [0.4, 0.5) is 5.69 Å². The maximum atomic E-state index is 12.3. The van der Waals surface area contributed by atoms with Gasteiger partial charge < -0.3 is 15.5 Å². The fraction of sp³-hybridized carbons (Fsp3) is 0.125. The molecule has 0 aromatic heterocycles. The number of ketones is 1. The second-order valence-electron chi connectivity index (χ2n) is 4.98. The number of carbonyl (C=O) groups excluding carboxylic acids is 2. The molecule has 0 saturated carbocycles. The lowest BCUT2D eigenvalue weighted by atomic mass is 9.88. The molecule has 21 heavy (non-hydrogen) atoms. The van der Waals surface area contributed by atoms with Crippen molar-refractivity contribution in [2.75, 3.05) is 5.32 Å². The van der Waals surface area contributed by atoms with E-state index in [0.29, 0.717) is 11.3 Å². The van der Waals surface area contributed by atoms with E-state index in [1.165, 1.54) is 12.1 Å². The summed E-state index contributed by atoms with van der Waals surface area (Å²) in [4.78, 5) is 24.3. The van der Waals surface area contributed by atoms with Crippen LogP contribution in [0.5, 0.6) is 5.75 Å². The van der Waals surface area contributed by atoms with Crippen molar-refractivity contribution in [3.05, 3.63) is 59.7 Å². The highest BCUT2D eigenvalue weighted by Crippen LogP contribution is 2.39. The van der Waals surface area contributed by atoms with Gasteiger partial charge in [0.05, 0.1) is 12.0 Å². The van der Waals surface area contributed by atoms with Gasteiger partial charge in [-0.1, -0.05) is 30.3 Å². The maximum absolute atomic E-state index is 12.3. The molecule has 0 saturated heterocycles. The number of aromatic hydroxyl groups is 1. The summed E-state index contributed by atoms with van der Waals surface area (Å²) in [7, 11) is 0. The minimum absolute atomic E-state index is 0.0862. The fourth-order valence-corrected chi connectivity index (χ4v) is 2.51. The van der Waals surface area contributed by atoms with Crippen molar-refractivity contribution < 1.29 is 19.8 Å². The van der Waals surface area contributed by atoms with Gasteiger partial charge in [0.15, 0.2) is 11.4 Å². The third-order valence-corrected chi connectivity index (χ3v) is 3.62. The number of nitrogens with one attached hydrogen (secondary N) is 1. The molecule has 5 heteroatoms. The number of hydrogen-bond donors (Lipinski definition) is 3. The largest absolute Gasteiger partial charge is 0.507 e. The Hall–Kier alpha value is -2.66. The van der Waals surface area contributed by atoms with Gasteiger partial charge in [-0.25, -0.2) is 0 Å². The van der Waals surface area contributed by atoms with Crippen LogP contribution < -0.4 is 5.32 Å². The Morgan fingerprint density at radius 3 is 2.52 bits per heavy atom. The van der Waals surface area contributed by atoms with Crippen molar-refractivity contribution in [3.8, 4) is 5.75 Å². The second kappa shape index (κ2) is 4.71. The molecule has 1 aliphatic heterocycles. The van der Waals surface area contributed by atoms with E-state index in [-0.39, 0.29) is 11.3 Å². The molecular formula is C16H13NO4. The van der Waals surface area contributed by atoms with Gasteiger partial charge in [-0.15, -0.1) is 0 Å². The van der Waals surface area contributed by atoms with Crippen molar-refractivity contribution in [1.29, 1.82) is 0 Å². The van der Waals surface area contributed by atoms with Crippen LogP contribution in [0.3, 0.4) is 0 Å². The van der Waals surface area contributed by atoms with Gasteiger partial charge in [0, 0.05) is 11.3 Å². The van der Waals surface area contributed by atoms with E-state index in [4.69, 9.17) is 0 Å². The van der Waals surface area contributed by atoms with E-state index in [9.17, 15) is 19.8 Å². The van der Waals surface area contributed by atoms with E-state index < -0.39 is 23.7 Å². The first-order valence-electron chi connectivity index (χ1n) is 6.47. The van der Waals surface area contributed by atoms with Crippen LogP contribution in [0.2, 0.25) is 0 Å². The first-order chi connectivity index (χ1) is 10.0. The lowest BCUT2D eigenvalue weighted by Crippen LogP contribution is -2.36. The average Bonchev–Trinajstić information content (AvgIpc) is 2.71. The zero-order valence-corrected chi connectivity index (χ0v) is 11.0. The Morgan fingerprint density at radius 1 is 1.10 bits per heavy atom. The lowest BCUT2D eigenvalue weighted by molar-refractivity contribution is -0.133. The highest BCUT2D eigenvalue weighted by molar-refractivity contribution is 6.09. The molecule has 0 aliphatic carbocycles. The molecule has 1 heterocycles. The van der Waals surface area contributed by atoms with Crippen LogP contribution in [0, 0.1) is 0 Å². The van der Waals surface area contributed by atoms with E-state index >= 15 is 0 Å². The van der Waals surface area contributed by atoms with Gasteiger partial charge in [-0.2, -0.15) is 0 Å². The van der Waals surface area contributed by atoms with E-state index in [0.717, 1.165) is 0 Å². The summed E-state index contributed by atoms with van der Waals surface area (Å²) in [5.74, 6) is -1.30. The highest BCUT2D eigenvalue weighted by atomic mass is 16.3. The predicted octanol–water partition coefficient (Wildman–Crippen LogP) is 1.80. The minimum Gasteiger partial charge on any atom is -0.507 e. The number of para-hydroxylation sites is 2. The van der Waals surface area contributed by atoms with Gasteiger partial charge in [0.1, 0.15) is 5.75 Å². The SMILES string of the molecule is O=C(C[C@@]1(O)C(=O)Nc2ccccc21)c1ccccc1O. The van der Waals surface area contributed by atoms with Crippen LogP contribution in [-0.4, -0.2) is 21.9 Å². The number of fused-ring (bicyclic) bond motifs is 1. The molecule has 3 rings (SSSR count). The first-order valence-corrected chi connectivity index (χ1v) is 6.47. The van der Waals surface area contributed by atoms with Crippen molar-refractivity contribution in [2.24, 2.45) is 0 Å². The maximum Gasteiger partial charge on any atom is 0.261 e. The molecule has 2 aromatic carbocycles. The Bertz CT molecular complexity index is 741. The number of anilines is 1. The zero-order valence-electron chi connectivity index (χ0n) is 11.0. The highest BCUT2D eigenvalue weighted by Gasteiger charge is 2.46. The summed E-state index contributed by atoms with van der Waals surface area (Å²) in [6.45, 7) is 0. The Labute approximate surface area is 120 Å². The van der Waals surface area contributed by atoms with Crippen molar-refractivity contribution in [3.63, 3.8) is 0 Å². The molecule has 0 bridgehead atoms. The van der Waals surface area contributed by atoms with E-state index in [2.05, 4.69) is 5.32 Å². The molecule has 0 radical (unpaired) electrons. The smallest absolute Gasteiger partial charge is 0.261 e.